The lowest BCUT2D eigenvalue weighted by molar-refractivity contribution is 0.306. The number of hydrogen-bond acceptors (Lipinski definition) is 5. The van der Waals surface area contributed by atoms with Crippen molar-refractivity contribution in [2.45, 2.75) is 0 Å². The van der Waals surface area contributed by atoms with Gasteiger partial charge in [0.2, 0.25) is 10.0 Å². The van der Waals surface area contributed by atoms with Crippen molar-refractivity contribution in [2.75, 3.05) is 17.6 Å². The maximum atomic E-state index is 10.9. The first-order valence-corrected chi connectivity index (χ1v) is 6.47. The molecule has 0 spiro atoms. The van der Waals surface area contributed by atoms with Crippen LogP contribution in [-0.4, -0.2) is 32.3 Å². The van der Waals surface area contributed by atoms with E-state index in [2.05, 4.69) is 9.88 Å². The second kappa shape index (κ2) is 5.39. The van der Waals surface area contributed by atoms with Crippen LogP contribution in [0, 0.1) is 0 Å². The molecule has 0 aliphatic carbocycles. The molecule has 0 saturated carbocycles. The Labute approximate surface area is 98.9 Å². The fourth-order valence-electron chi connectivity index (χ4n) is 1.02. The van der Waals surface area contributed by atoms with Gasteiger partial charge in [0, 0.05) is 5.69 Å². The van der Waals surface area contributed by atoms with Crippen LogP contribution in [0.2, 0.25) is 0 Å². The van der Waals surface area contributed by atoms with Crippen molar-refractivity contribution in [1.29, 1.82) is 0 Å². The summed E-state index contributed by atoms with van der Waals surface area (Å²) in [6.45, 7) is -0.0463. The predicted molar refractivity (Wildman–Crippen MR) is 63.8 cm³/mol. The second-order valence-corrected chi connectivity index (χ2v) is 5.03. The number of hydrogen-bond donors (Lipinski definition) is 3. The molecule has 0 saturated heterocycles. The predicted octanol–water partition coefficient (Wildman–Crippen LogP) is 0.183. The summed E-state index contributed by atoms with van der Waals surface area (Å²) in [5.41, 5.74) is 5.65. The van der Waals surface area contributed by atoms with Crippen molar-refractivity contribution >= 4 is 21.5 Å². The van der Waals surface area contributed by atoms with E-state index in [1.165, 1.54) is 0 Å². The lowest BCUT2D eigenvalue weighted by Gasteiger charge is -2.07. The Morgan fingerprint density at radius 1 is 1.47 bits per heavy atom. The van der Waals surface area contributed by atoms with Gasteiger partial charge < -0.3 is 15.7 Å². The van der Waals surface area contributed by atoms with Crippen molar-refractivity contribution in [3.05, 3.63) is 24.3 Å². The standard InChI is InChI=1S/C9H13N3O4S/c1-17(14,15)12-7-2-4-8(5-3-7)16-6-9(10)11-13/h2-5,12-13H,6H2,1H3,(H2,10,11). The van der Waals surface area contributed by atoms with Gasteiger partial charge in [0.05, 0.1) is 6.26 Å². The first kappa shape index (κ1) is 13.1. The maximum Gasteiger partial charge on any atom is 0.229 e. The smallest absolute Gasteiger partial charge is 0.229 e. The second-order valence-electron chi connectivity index (χ2n) is 3.28. The van der Waals surface area contributed by atoms with Crippen LogP contribution in [0.25, 0.3) is 0 Å². The summed E-state index contributed by atoms with van der Waals surface area (Å²) in [6, 6.07) is 6.22. The van der Waals surface area contributed by atoms with E-state index in [1.807, 2.05) is 0 Å². The number of anilines is 1. The van der Waals surface area contributed by atoms with Gasteiger partial charge >= 0.3 is 0 Å². The van der Waals surface area contributed by atoms with Gasteiger partial charge in [-0.3, -0.25) is 4.72 Å². The zero-order valence-electron chi connectivity index (χ0n) is 9.12. The fraction of sp³-hybridized carbons (Fsp3) is 0.222. The number of rotatable bonds is 5. The Bertz CT molecular complexity index is 495. The van der Waals surface area contributed by atoms with Crippen molar-refractivity contribution in [2.24, 2.45) is 10.9 Å². The van der Waals surface area contributed by atoms with E-state index in [4.69, 9.17) is 15.7 Å². The zero-order valence-corrected chi connectivity index (χ0v) is 9.94. The fourth-order valence-corrected chi connectivity index (χ4v) is 1.58. The Morgan fingerprint density at radius 3 is 2.53 bits per heavy atom. The Hall–Kier alpha value is -1.96. The van der Waals surface area contributed by atoms with Crippen LogP contribution >= 0.6 is 0 Å². The van der Waals surface area contributed by atoms with Gasteiger partial charge in [-0.1, -0.05) is 5.16 Å². The highest BCUT2D eigenvalue weighted by Crippen LogP contribution is 2.16. The van der Waals surface area contributed by atoms with Crippen LogP contribution in [0.1, 0.15) is 0 Å². The Balaban J connectivity index is 2.62. The molecule has 0 unspecified atom stereocenters. The zero-order chi connectivity index (χ0) is 12.9. The molecule has 0 radical (unpaired) electrons. The molecule has 0 aliphatic rings. The van der Waals surface area contributed by atoms with Crippen molar-refractivity contribution in [3.63, 3.8) is 0 Å². The molecule has 0 amide bonds. The molecular weight excluding hydrogens is 246 g/mol. The van der Waals surface area contributed by atoms with Gasteiger partial charge in [0.15, 0.2) is 5.84 Å². The van der Waals surface area contributed by atoms with E-state index in [9.17, 15) is 8.42 Å². The molecule has 17 heavy (non-hydrogen) atoms. The highest BCUT2D eigenvalue weighted by Gasteiger charge is 2.02. The van der Waals surface area contributed by atoms with E-state index >= 15 is 0 Å². The summed E-state index contributed by atoms with van der Waals surface area (Å²) in [7, 11) is -3.28. The highest BCUT2D eigenvalue weighted by atomic mass is 32.2. The van der Waals surface area contributed by atoms with Gasteiger partial charge in [-0.05, 0) is 24.3 Å². The van der Waals surface area contributed by atoms with Crippen molar-refractivity contribution < 1.29 is 18.4 Å². The van der Waals surface area contributed by atoms with E-state index in [0.29, 0.717) is 11.4 Å². The van der Waals surface area contributed by atoms with E-state index in [0.717, 1.165) is 6.26 Å². The first-order chi connectivity index (χ1) is 7.90. The minimum Gasteiger partial charge on any atom is -0.486 e. The summed E-state index contributed by atoms with van der Waals surface area (Å²) in [5.74, 6) is 0.430. The number of ether oxygens (including phenoxy) is 1. The summed E-state index contributed by atoms with van der Waals surface area (Å²) < 4.78 is 29.3. The lowest BCUT2D eigenvalue weighted by atomic mass is 10.3. The summed E-state index contributed by atoms with van der Waals surface area (Å²) in [5, 5.41) is 11.0. The van der Waals surface area contributed by atoms with Gasteiger partial charge in [-0.15, -0.1) is 0 Å². The van der Waals surface area contributed by atoms with Crippen LogP contribution in [0.5, 0.6) is 5.75 Å². The third kappa shape index (κ3) is 5.07. The molecular formula is C9H13N3O4S. The van der Waals surface area contributed by atoms with Crippen LogP contribution in [0.3, 0.4) is 0 Å². The van der Waals surface area contributed by atoms with E-state index in [1.54, 1.807) is 24.3 Å². The quantitative estimate of drug-likeness (QED) is 0.302. The molecule has 0 bridgehead atoms. The summed E-state index contributed by atoms with van der Waals surface area (Å²) >= 11 is 0. The van der Waals surface area contributed by atoms with Crippen LogP contribution in [0.4, 0.5) is 5.69 Å². The SMILES string of the molecule is CS(=O)(=O)Nc1ccc(OC/C(N)=N/O)cc1. The van der Waals surface area contributed by atoms with Crippen LogP contribution in [0.15, 0.2) is 29.4 Å². The number of nitrogens with zero attached hydrogens (tertiary/aromatic N) is 1. The Kier molecular flexibility index (Phi) is 4.16. The van der Waals surface area contributed by atoms with Crippen molar-refractivity contribution in [3.8, 4) is 5.75 Å². The largest absolute Gasteiger partial charge is 0.486 e. The molecule has 1 aromatic rings. The van der Waals surface area contributed by atoms with Crippen molar-refractivity contribution in [1.82, 2.24) is 0 Å². The van der Waals surface area contributed by atoms with Gasteiger partial charge in [-0.2, -0.15) is 0 Å². The molecule has 4 N–H and O–H groups in total. The molecule has 0 fully saturated rings. The molecule has 0 heterocycles. The van der Waals surface area contributed by atoms with Gasteiger partial charge in [0.25, 0.3) is 0 Å². The number of sulfonamides is 1. The van der Waals surface area contributed by atoms with Crippen LogP contribution < -0.4 is 15.2 Å². The lowest BCUT2D eigenvalue weighted by Crippen LogP contribution is -2.20. The molecule has 1 aromatic carbocycles. The summed E-state index contributed by atoms with van der Waals surface area (Å²) in [6.07, 6.45) is 1.07. The Morgan fingerprint density at radius 2 is 2.06 bits per heavy atom. The first-order valence-electron chi connectivity index (χ1n) is 4.58. The summed E-state index contributed by atoms with van der Waals surface area (Å²) in [4.78, 5) is 0. The molecule has 8 heteroatoms. The number of amidine groups is 1. The highest BCUT2D eigenvalue weighted by molar-refractivity contribution is 7.92. The third-order valence-electron chi connectivity index (χ3n) is 1.67. The average Bonchev–Trinajstić information content (AvgIpc) is 2.25. The number of oxime groups is 1. The average molecular weight is 259 g/mol. The van der Waals surface area contributed by atoms with Gasteiger partial charge in [-0.25, -0.2) is 8.42 Å². The molecule has 1 rings (SSSR count). The third-order valence-corrected chi connectivity index (χ3v) is 2.28. The normalized spacial score (nSPS) is 12.2. The monoisotopic (exact) mass is 259 g/mol. The molecule has 0 aliphatic heterocycles. The topological polar surface area (TPSA) is 114 Å². The number of nitrogens with two attached hydrogens (primary N) is 1. The molecule has 0 atom stereocenters. The van der Waals surface area contributed by atoms with Crippen LogP contribution in [-0.2, 0) is 10.0 Å². The van der Waals surface area contributed by atoms with E-state index < -0.39 is 10.0 Å². The molecule has 0 aromatic heterocycles. The molecule has 7 nitrogen and oxygen atoms in total. The number of nitrogens with one attached hydrogen (secondary N) is 1. The maximum absolute atomic E-state index is 10.9. The van der Waals surface area contributed by atoms with Gasteiger partial charge in [0.1, 0.15) is 12.4 Å². The minimum atomic E-state index is -3.28. The number of benzene rings is 1. The minimum absolute atomic E-state index is 0.0463. The van der Waals surface area contributed by atoms with E-state index in [-0.39, 0.29) is 12.4 Å². The molecule has 94 valence electrons.